The minimum absolute atomic E-state index is 0. The monoisotopic (exact) mass is 1130 g/mol. The Bertz CT molecular complexity index is 3350. The van der Waals surface area contributed by atoms with Gasteiger partial charge in [0, 0.05) is 79.2 Å². The molecule has 2 spiro atoms. The molecule has 0 bridgehead atoms. The first-order chi connectivity index (χ1) is 34.7. The van der Waals surface area contributed by atoms with E-state index >= 15 is 0 Å². The van der Waals surface area contributed by atoms with Gasteiger partial charge in [-0.25, -0.2) is 28.9 Å². The number of imidazole rings is 2. The number of benzene rings is 4. The number of rotatable bonds is 8. The number of fused-ring (bicyclic) bond motifs is 4. The number of nitrogens with two attached hydrogens (primary N) is 1. The van der Waals surface area contributed by atoms with Crippen LogP contribution in [0, 0.1) is 10.8 Å². The lowest BCUT2D eigenvalue weighted by Crippen LogP contribution is -2.48. The maximum absolute atomic E-state index is 13.2. The maximum Gasteiger partial charge on any atom is 0.211 e. The fourth-order valence-corrected chi connectivity index (χ4v) is 14.8. The van der Waals surface area contributed by atoms with E-state index < -0.39 is 11.0 Å². The van der Waals surface area contributed by atoms with E-state index in [1.807, 2.05) is 82.2 Å². The number of hydrogen-bond acceptors (Lipinski definition) is 10. The summed E-state index contributed by atoms with van der Waals surface area (Å²) >= 11 is 28.3. The smallest absolute Gasteiger partial charge is 0.211 e. The summed E-state index contributed by atoms with van der Waals surface area (Å²) in [7, 11) is -1.15. The number of piperidine rings is 2. The zero-order chi connectivity index (χ0) is 49.9. The van der Waals surface area contributed by atoms with Crippen molar-refractivity contribution in [3.8, 4) is 0 Å². The maximum atomic E-state index is 13.2. The SMILES string of the molecule is CC(C)(C)[S@@](=O)N[C@@H]1c2ccccc2CC12CCN(c1ncc(Sc3cccc(Cl)c3Cl)c3nccn13)CC2.Cl.N[C@@H]1c2ccccc2CC12CCN(c1ncc(Sc3cccc(Cl)c3Cl)c3nccn13)CC2. The predicted molar refractivity (Wildman–Crippen MR) is 303 cm³/mol. The molecule has 2 aliphatic carbocycles. The molecule has 3 atom stereocenters. The van der Waals surface area contributed by atoms with E-state index in [-0.39, 0.29) is 40.1 Å². The molecule has 4 aromatic heterocycles. The number of nitrogens with one attached hydrogen (secondary N) is 1. The van der Waals surface area contributed by atoms with E-state index in [0.29, 0.717) is 20.1 Å². The van der Waals surface area contributed by atoms with Gasteiger partial charge in [-0.2, -0.15) is 0 Å². The molecule has 3 N–H and O–H groups in total. The fraction of sp³-hybridized carbons (Fsp3) is 0.333. The summed E-state index contributed by atoms with van der Waals surface area (Å²) in [6, 6.07) is 28.7. The average molecular weight is 1130 g/mol. The van der Waals surface area contributed by atoms with Crippen LogP contribution in [0.15, 0.2) is 142 Å². The first kappa shape index (κ1) is 52.4. The normalized spacial score (nSPS) is 19.2. The summed E-state index contributed by atoms with van der Waals surface area (Å²) in [5.74, 6) is 1.81. The molecule has 0 radical (unpaired) electrons. The third-order valence-electron chi connectivity index (χ3n) is 15.0. The van der Waals surface area contributed by atoms with Crippen molar-refractivity contribution < 1.29 is 4.21 Å². The molecule has 8 aromatic rings. The summed E-state index contributed by atoms with van der Waals surface area (Å²) in [6.07, 6.45) is 17.5. The summed E-state index contributed by atoms with van der Waals surface area (Å²) in [6.45, 7) is 9.65. The van der Waals surface area contributed by atoms with Crippen LogP contribution < -0.4 is 20.3 Å². The van der Waals surface area contributed by atoms with Gasteiger partial charge < -0.3 is 15.5 Å². The van der Waals surface area contributed by atoms with Gasteiger partial charge in [0.15, 0.2) is 11.3 Å². The van der Waals surface area contributed by atoms with E-state index in [2.05, 4.69) is 81.8 Å². The molecule has 0 amide bonds. The van der Waals surface area contributed by atoms with E-state index in [1.165, 1.54) is 45.8 Å². The lowest BCUT2D eigenvalue weighted by molar-refractivity contribution is 0.177. The van der Waals surface area contributed by atoms with Crippen molar-refractivity contribution in [3.05, 3.63) is 164 Å². The van der Waals surface area contributed by atoms with Crippen molar-refractivity contribution >= 4 is 117 Å². The van der Waals surface area contributed by atoms with Gasteiger partial charge in [-0.15, -0.1) is 12.4 Å². The highest BCUT2D eigenvalue weighted by Crippen LogP contribution is 2.54. The van der Waals surface area contributed by atoms with Crippen molar-refractivity contribution in [2.75, 3.05) is 36.0 Å². The van der Waals surface area contributed by atoms with Crippen molar-refractivity contribution in [1.29, 1.82) is 0 Å². The molecule has 19 heteroatoms. The summed E-state index contributed by atoms with van der Waals surface area (Å²) < 4.78 is 20.6. The largest absolute Gasteiger partial charge is 0.342 e. The van der Waals surface area contributed by atoms with Crippen LogP contribution >= 0.6 is 82.3 Å². The summed E-state index contributed by atoms with van der Waals surface area (Å²) in [5.41, 5.74) is 14.0. The molecule has 2 fully saturated rings. The third kappa shape index (κ3) is 9.99. The zero-order valence-corrected chi connectivity index (χ0v) is 46.8. The van der Waals surface area contributed by atoms with Gasteiger partial charge in [0.05, 0.1) is 51.7 Å². The molecule has 2 aliphatic heterocycles. The molecule has 0 saturated carbocycles. The Morgan fingerprint density at radius 3 is 1.56 bits per heavy atom. The molecule has 4 aliphatic rings. The molecular formula is C54H55Cl5N10OS3. The second-order valence-corrected chi connectivity index (χ2v) is 26.0. The van der Waals surface area contributed by atoms with E-state index in [4.69, 9.17) is 62.1 Å². The summed E-state index contributed by atoms with van der Waals surface area (Å²) in [4.78, 5) is 27.3. The van der Waals surface area contributed by atoms with Crippen LogP contribution in [0.25, 0.3) is 11.3 Å². The first-order valence-corrected chi connectivity index (χ1v) is 28.5. The second-order valence-electron chi connectivity index (χ2n) is 20.3. The van der Waals surface area contributed by atoms with Gasteiger partial charge in [-0.3, -0.25) is 8.80 Å². The highest BCUT2D eigenvalue weighted by atomic mass is 35.5. The molecule has 11 nitrogen and oxygen atoms in total. The Kier molecular flexibility index (Phi) is 15.2. The van der Waals surface area contributed by atoms with Crippen LogP contribution in [0.4, 0.5) is 11.9 Å². The number of nitrogens with zero attached hydrogens (tertiary/aromatic N) is 8. The van der Waals surface area contributed by atoms with Gasteiger partial charge in [0.2, 0.25) is 11.9 Å². The van der Waals surface area contributed by atoms with Crippen LogP contribution in [0.5, 0.6) is 0 Å². The van der Waals surface area contributed by atoms with E-state index in [9.17, 15) is 4.21 Å². The molecule has 12 rings (SSSR count). The quantitative estimate of drug-likeness (QED) is 0.152. The predicted octanol–water partition coefficient (Wildman–Crippen LogP) is 13.6. The van der Waals surface area contributed by atoms with Crippen molar-refractivity contribution in [1.82, 2.24) is 33.5 Å². The topological polar surface area (TPSA) is 122 Å². The van der Waals surface area contributed by atoms with Gasteiger partial charge >= 0.3 is 0 Å². The molecule has 380 valence electrons. The van der Waals surface area contributed by atoms with Gasteiger partial charge in [-0.05, 0) is 117 Å². The molecular weight excluding hydrogens is 1080 g/mol. The van der Waals surface area contributed by atoms with Gasteiger partial charge in [0.1, 0.15) is 0 Å². The standard InChI is InChI=1S/C29H31Cl2N5OS2.C25H23Cl2N5S.ClH/c1-28(2,3)39(37)34-25-20-8-5-4-7-19(20)17-29(25)11-14-35(15-12-29)27-33-18-23(26-32-13-16-36(26)27)38-22-10-6-9-21(30)24(22)31;26-18-6-3-7-19(21(18)27)33-20-15-30-24(32-13-10-29-23(20)32)31-11-8-25(9-12-31)14-16-4-1-2-5-17(16)22(25)28;/h4-10,13,16,18,25,34H,11-12,14-15,17H2,1-3H3;1-7,10,13,15,22H,8-9,11-12,14,28H2;1H/t25-,39-;22-;/m11./s1. The summed E-state index contributed by atoms with van der Waals surface area (Å²) in [5, 5.41) is 2.15. The van der Waals surface area contributed by atoms with Crippen LogP contribution in [-0.2, 0) is 23.8 Å². The highest BCUT2D eigenvalue weighted by molar-refractivity contribution is 8.00. The molecule has 73 heavy (non-hydrogen) atoms. The Morgan fingerprint density at radius 2 is 1.07 bits per heavy atom. The number of anilines is 2. The van der Waals surface area contributed by atoms with Crippen LogP contribution in [0.3, 0.4) is 0 Å². The molecule has 4 aromatic carbocycles. The lowest BCUT2D eigenvalue weighted by Gasteiger charge is -2.44. The molecule has 6 heterocycles. The van der Waals surface area contributed by atoms with Crippen LogP contribution in [-0.4, -0.2) is 63.9 Å². The number of halogens is 5. The molecule has 2 saturated heterocycles. The minimum atomic E-state index is -1.15. The Hall–Kier alpha value is -4.06. The van der Waals surface area contributed by atoms with Crippen molar-refractivity contribution in [3.63, 3.8) is 0 Å². The Balaban J connectivity index is 0.000000167. The fourth-order valence-electron chi connectivity index (χ4n) is 11.1. The second kappa shape index (κ2) is 21.2. The average Bonchev–Trinajstić information content (AvgIpc) is 4.19. The van der Waals surface area contributed by atoms with Crippen LogP contribution in [0.1, 0.15) is 80.8 Å². The van der Waals surface area contributed by atoms with E-state index in [0.717, 1.165) is 107 Å². The van der Waals surface area contributed by atoms with Gasteiger partial charge in [0.25, 0.3) is 0 Å². The third-order valence-corrected chi connectivity index (χ3v) is 20.6. The zero-order valence-electron chi connectivity index (χ0n) is 40.5. The van der Waals surface area contributed by atoms with Crippen molar-refractivity contribution in [2.24, 2.45) is 16.6 Å². The van der Waals surface area contributed by atoms with Crippen LogP contribution in [0.2, 0.25) is 20.1 Å². The first-order valence-electron chi connectivity index (χ1n) is 24.2. The lowest BCUT2D eigenvalue weighted by atomic mass is 9.73. The molecule has 0 unspecified atom stereocenters. The Morgan fingerprint density at radius 1 is 0.616 bits per heavy atom. The van der Waals surface area contributed by atoms with E-state index in [1.54, 1.807) is 12.1 Å². The van der Waals surface area contributed by atoms with Crippen molar-refractivity contribution in [2.45, 2.75) is 95.7 Å². The number of hydrogen-bond donors (Lipinski definition) is 2. The number of aromatic nitrogens is 6. The Labute approximate surface area is 463 Å². The highest BCUT2D eigenvalue weighted by Gasteiger charge is 2.49. The van der Waals surface area contributed by atoms with Gasteiger partial charge in [-0.1, -0.05) is 131 Å². The minimum Gasteiger partial charge on any atom is -0.342 e.